The number of nitrogens with two attached hydrogens (primary N) is 1. The fourth-order valence-corrected chi connectivity index (χ4v) is 2.08. The predicted octanol–water partition coefficient (Wildman–Crippen LogP) is 1.46. The SMILES string of the molecule is Cc1nnc2c(CCC3(N)CC3)cccn12. The molecule has 2 heterocycles. The monoisotopic (exact) mass is 216 g/mol. The van der Waals surface area contributed by atoms with Gasteiger partial charge in [0, 0.05) is 11.7 Å². The molecule has 0 aliphatic heterocycles. The van der Waals surface area contributed by atoms with E-state index >= 15 is 0 Å². The molecule has 1 aliphatic rings. The van der Waals surface area contributed by atoms with Crippen molar-refractivity contribution in [3.63, 3.8) is 0 Å². The van der Waals surface area contributed by atoms with Crippen LogP contribution in [0.1, 0.15) is 30.7 Å². The van der Waals surface area contributed by atoms with E-state index in [9.17, 15) is 0 Å². The topological polar surface area (TPSA) is 56.2 Å². The lowest BCUT2D eigenvalue weighted by atomic mass is 10.1. The van der Waals surface area contributed by atoms with Crippen molar-refractivity contribution in [3.8, 4) is 0 Å². The van der Waals surface area contributed by atoms with Gasteiger partial charge in [0.2, 0.25) is 0 Å². The lowest BCUT2D eigenvalue weighted by Crippen LogP contribution is -2.22. The maximum absolute atomic E-state index is 6.10. The highest BCUT2D eigenvalue weighted by Gasteiger charge is 2.37. The van der Waals surface area contributed by atoms with Crippen molar-refractivity contribution in [1.29, 1.82) is 0 Å². The second-order valence-electron chi connectivity index (χ2n) is 4.84. The van der Waals surface area contributed by atoms with Crippen LogP contribution in [0.5, 0.6) is 0 Å². The molecule has 1 fully saturated rings. The summed E-state index contributed by atoms with van der Waals surface area (Å²) >= 11 is 0. The standard InChI is InChI=1S/C12H16N4/c1-9-14-15-11-10(3-2-8-16(9)11)4-5-12(13)6-7-12/h2-3,8H,4-7,13H2,1H3. The summed E-state index contributed by atoms with van der Waals surface area (Å²) in [6, 6.07) is 4.17. The molecule has 0 radical (unpaired) electrons. The van der Waals surface area contributed by atoms with Crippen LogP contribution in [0.15, 0.2) is 18.3 Å². The third kappa shape index (κ3) is 1.59. The van der Waals surface area contributed by atoms with Crippen LogP contribution >= 0.6 is 0 Å². The molecule has 2 aromatic heterocycles. The third-order valence-electron chi connectivity index (χ3n) is 3.47. The molecule has 2 N–H and O–H groups in total. The molecule has 0 aromatic carbocycles. The van der Waals surface area contributed by atoms with Crippen LogP contribution in [0.2, 0.25) is 0 Å². The van der Waals surface area contributed by atoms with E-state index < -0.39 is 0 Å². The Morgan fingerprint density at radius 1 is 1.44 bits per heavy atom. The van der Waals surface area contributed by atoms with E-state index in [0.29, 0.717) is 0 Å². The fourth-order valence-electron chi connectivity index (χ4n) is 2.08. The molecule has 1 saturated carbocycles. The molecular weight excluding hydrogens is 200 g/mol. The van der Waals surface area contributed by atoms with Crippen LogP contribution in [-0.4, -0.2) is 20.1 Å². The predicted molar refractivity (Wildman–Crippen MR) is 62.2 cm³/mol. The average molecular weight is 216 g/mol. The molecule has 4 nitrogen and oxygen atoms in total. The van der Waals surface area contributed by atoms with Crippen LogP contribution in [0.4, 0.5) is 0 Å². The summed E-state index contributed by atoms with van der Waals surface area (Å²) < 4.78 is 2.03. The Hall–Kier alpha value is -1.42. The third-order valence-corrected chi connectivity index (χ3v) is 3.47. The number of pyridine rings is 1. The van der Waals surface area contributed by atoms with Gasteiger partial charge in [-0.25, -0.2) is 0 Å². The Morgan fingerprint density at radius 2 is 2.25 bits per heavy atom. The van der Waals surface area contributed by atoms with E-state index in [0.717, 1.165) is 24.3 Å². The van der Waals surface area contributed by atoms with Crippen molar-refractivity contribution in [1.82, 2.24) is 14.6 Å². The summed E-state index contributed by atoms with van der Waals surface area (Å²) in [6.45, 7) is 1.97. The quantitative estimate of drug-likeness (QED) is 0.845. The second-order valence-corrected chi connectivity index (χ2v) is 4.84. The van der Waals surface area contributed by atoms with Crippen LogP contribution in [0.25, 0.3) is 5.65 Å². The Morgan fingerprint density at radius 3 is 3.00 bits per heavy atom. The average Bonchev–Trinajstić information content (AvgIpc) is 2.90. The zero-order valence-electron chi connectivity index (χ0n) is 9.48. The molecule has 4 heteroatoms. The molecular formula is C12H16N4. The largest absolute Gasteiger partial charge is 0.325 e. The van der Waals surface area contributed by atoms with Crippen LogP contribution in [-0.2, 0) is 6.42 Å². The van der Waals surface area contributed by atoms with Crippen molar-refractivity contribution in [2.75, 3.05) is 0 Å². The second kappa shape index (κ2) is 3.28. The molecule has 2 aromatic rings. The molecule has 84 valence electrons. The van der Waals surface area contributed by atoms with Gasteiger partial charge < -0.3 is 5.73 Å². The zero-order chi connectivity index (χ0) is 11.2. The van der Waals surface area contributed by atoms with Gasteiger partial charge in [0.25, 0.3) is 0 Å². The van der Waals surface area contributed by atoms with Gasteiger partial charge in [0.05, 0.1) is 0 Å². The molecule has 16 heavy (non-hydrogen) atoms. The highest BCUT2D eigenvalue weighted by molar-refractivity contribution is 5.47. The van der Waals surface area contributed by atoms with E-state index in [1.807, 2.05) is 17.5 Å². The van der Waals surface area contributed by atoms with E-state index in [1.54, 1.807) is 0 Å². The molecule has 3 rings (SSSR count). The van der Waals surface area contributed by atoms with Crippen molar-refractivity contribution in [2.45, 2.75) is 38.1 Å². The van der Waals surface area contributed by atoms with E-state index in [4.69, 9.17) is 5.73 Å². The lowest BCUT2D eigenvalue weighted by Gasteiger charge is -2.08. The van der Waals surface area contributed by atoms with Gasteiger partial charge in [-0.15, -0.1) is 10.2 Å². The number of fused-ring (bicyclic) bond motifs is 1. The van der Waals surface area contributed by atoms with Gasteiger partial charge in [-0.2, -0.15) is 0 Å². The number of aromatic nitrogens is 3. The maximum Gasteiger partial charge on any atom is 0.163 e. The summed E-state index contributed by atoms with van der Waals surface area (Å²) in [5, 5.41) is 8.31. The Bertz CT molecular complexity index is 525. The van der Waals surface area contributed by atoms with E-state index in [-0.39, 0.29) is 5.54 Å². The number of aryl methyl sites for hydroxylation is 2. The molecule has 0 amide bonds. The van der Waals surface area contributed by atoms with Crippen LogP contribution < -0.4 is 5.73 Å². The lowest BCUT2D eigenvalue weighted by molar-refractivity contribution is 0.609. The molecule has 0 unspecified atom stereocenters. The minimum Gasteiger partial charge on any atom is -0.325 e. The number of rotatable bonds is 3. The van der Waals surface area contributed by atoms with Crippen LogP contribution in [0, 0.1) is 6.92 Å². The highest BCUT2D eigenvalue weighted by Crippen LogP contribution is 2.36. The van der Waals surface area contributed by atoms with Gasteiger partial charge in [0.15, 0.2) is 5.65 Å². The first-order valence-electron chi connectivity index (χ1n) is 5.76. The van der Waals surface area contributed by atoms with Crippen molar-refractivity contribution < 1.29 is 0 Å². The molecule has 0 atom stereocenters. The minimum atomic E-state index is 0.113. The van der Waals surface area contributed by atoms with E-state index in [1.165, 1.54) is 18.4 Å². The highest BCUT2D eigenvalue weighted by atomic mass is 15.2. The smallest absolute Gasteiger partial charge is 0.163 e. The summed E-state index contributed by atoms with van der Waals surface area (Å²) in [6.07, 6.45) is 6.39. The fraction of sp³-hybridized carbons (Fsp3) is 0.500. The van der Waals surface area contributed by atoms with Crippen LogP contribution in [0.3, 0.4) is 0 Å². The van der Waals surface area contributed by atoms with Gasteiger partial charge in [-0.1, -0.05) is 6.07 Å². The summed E-state index contributed by atoms with van der Waals surface area (Å²) in [7, 11) is 0. The van der Waals surface area contributed by atoms with Gasteiger partial charge in [-0.3, -0.25) is 4.40 Å². The first-order chi connectivity index (χ1) is 7.68. The van der Waals surface area contributed by atoms with Crippen molar-refractivity contribution in [2.24, 2.45) is 5.73 Å². The Balaban J connectivity index is 1.90. The van der Waals surface area contributed by atoms with Crippen molar-refractivity contribution >= 4 is 5.65 Å². The maximum atomic E-state index is 6.10. The zero-order valence-corrected chi connectivity index (χ0v) is 9.48. The first-order valence-corrected chi connectivity index (χ1v) is 5.76. The first kappa shape index (κ1) is 9.78. The molecule has 0 saturated heterocycles. The summed E-state index contributed by atoms with van der Waals surface area (Å²) in [5.74, 6) is 0.936. The van der Waals surface area contributed by atoms with E-state index in [2.05, 4.69) is 22.3 Å². The van der Waals surface area contributed by atoms with Gasteiger partial charge >= 0.3 is 0 Å². The minimum absolute atomic E-state index is 0.113. The number of hydrogen-bond donors (Lipinski definition) is 1. The van der Waals surface area contributed by atoms with Crippen molar-refractivity contribution in [3.05, 3.63) is 29.7 Å². The number of hydrogen-bond acceptors (Lipinski definition) is 3. The molecule has 0 bridgehead atoms. The Kier molecular flexibility index (Phi) is 2.01. The normalized spacial score (nSPS) is 17.9. The Labute approximate surface area is 94.5 Å². The summed E-state index contributed by atoms with van der Waals surface area (Å²) in [4.78, 5) is 0. The van der Waals surface area contributed by atoms with Gasteiger partial charge in [0.1, 0.15) is 5.82 Å². The summed E-state index contributed by atoms with van der Waals surface area (Å²) in [5.41, 5.74) is 8.44. The molecule has 0 spiro atoms. The molecule has 1 aliphatic carbocycles. The number of nitrogens with zero attached hydrogens (tertiary/aromatic N) is 3. The van der Waals surface area contributed by atoms with Gasteiger partial charge in [-0.05, 0) is 44.2 Å².